The molecule has 3 nitrogen and oxygen atoms in total. The minimum absolute atomic E-state index is 0.483. The number of hydrogen-bond acceptors (Lipinski definition) is 3. The average Bonchev–Trinajstić information content (AvgIpc) is 2.67. The maximum absolute atomic E-state index is 8.58. The van der Waals surface area contributed by atoms with Crippen LogP contribution in [0, 0.1) is 5.41 Å². The number of nitrogens with zero attached hydrogens (tertiary/aromatic N) is 2. The van der Waals surface area contributed by atoms with Gasteiger partial charge in [-0.3, -0.25) is 9.97 Å². The lowest BCUT2D eigenvalue weighted by atomic mass is 9.98. The van der Waals surface area contributed by atoms with E-state index in [4.69, 9.17) is 5.41 Å². The van der Waals surface area contributed by atoms with E-state index < -0.39 is 0 Å². The zero-order valence-electron chi connectivity index (χ0n) is 13.9. The zero-order valence-corrected chi connectivity index (χ0v) is 13.9. The molecule has 0 amide bonds. The molecular weight excluding hydrogens is 306 g/mol. The van der Waals surface area contributed by atoms with Gasteiger partial charge in [0.25, 0.3) is 0 Å². The smallest absolute Gasteiger partial charge is 0.0708 e. The molecular formula is C22H17N3. The van der Waals surface area contributed by atoms with Gasteiger partial charge in [-0.05, 0) is 48.4 Å². The van der Waals surface area contributed by atoms with Crippen LogP contribution in [-0.2, 0) is 0 Å². The number of allylic oxidation sites excluding steroid dienone is 2. The molecule has 2 heterocycles. The molecule has 4 rings (SSSR count). The van der Waals surface area contributed by atoms with Crippen molar-refractivity contribution >= 4 is 33.1 Å². The van der Waals surface area contributed by atoms with Gasteiger partial charge in [-0.15, -0.1) is 0 Å². The predicted molar refractivity (Wildman–Crippen MR) is 104 cm³/mol. The predicted octanol–water partition coefficient (Wildman–Crippen LogP) is 5.25. The summed E-state index contributed by atoms with van der Waals surface area (Å²) >= 11 is 0. The van der Waals surface area contributed by atoms with Crippen molar-refractivity contribution in [1.29, 1.82) is 5.41 Å². The number of nitrogens with one attached hydrogen (secondary N) is 1. The van der Waals surface area contributed by atoms with Crippen molar-refractivity contribution in [3.8, 4) is 0 Å². The summed E-state index contributed by atoms with van der Waals surface area (Å²) in [4.78, 5) is 8.79. The molecule has 0 saturated carbocycles. The van der Waals surface area contributed by atoms with Gasteiger partial charge in [-0.1, -0.05) is 36.4 Å². The van der Waals surface area contributed by atoms with Gasteiger partial charge in [0.15, 0.2) is 0 Å². The van der Waals surface area contributed by atoms with Crippen LogP contribution in [0.3, 0.4) is 0 Å². The Kier molecular flexibility index (Phi) is 3.82. The van der Waals surface area contributed by atoms with E-state index in [9.17, 15) is 0 Å². The number of hydrogen-bond donors (Lipinski definition) is 1. The highest BCUT2D eigenvalue weighted by Crippen LogP contribution is 2.24. The highest BCUT2D eigenvalue weighted by atomic mass is 14.7. The number of pyridine rings is 2. The summed E-state index contributed by atoms with van der Waals surface area (Å²) in [5, 5.41) is 10.7. The molecule has 0 spiro atoms. The van der Waals surface area contributed by atoms with Crippen molar-refractivity contribution in [1.82, 2.24) is 9.97 Å². The van der Waals surface area contributed by atoms with Gasteiger partial charge in [0.05, 0.1) is 16.7 Å². The first-order valence-corrected chi connectivity index (χ1v) is 8.19. The summed E-state index contributed by atoms with van der Waals surface area (Å²) in [6.07, 6.45) is 5.50. The summed E-state index contributed by atoms with van der Waals surface area (Å²) in [5.74, 6) is 0. The maximum atomic E-state index is 8.58. The van der Waals surface area contributed by atoms with E-state index in [1.807, 2.05) is 73.8 Å². The molecule has 25 heavy (non-hydrogen) atoms. The molecule has 0 radical (unpaired) electrons. The van der Waals surface area contributed by atoms with E-state index in [2.05, 4.69) is 16.0 Å². The lowest BCUT2D eigenvalue weighted by Crippen LogP contribution is -1.98. The molecule has 0 fully saturated rings. The standard InChI is InChI=1S/C22H17N3/c1-15(16-10-12-24-21-8-4-2-6-18(16)21)14-20(23)17-11-13-25-22-9-5-3-7-19(17)22/h2-14,23H,1H3/b15-14+,23-20?. The highest BCUT2D eigenvalue weighted by molar-refractivity contribution is 6.17. The summed E-state index contributed by atoms with van der Waals surface area (Å²) in [5.41, 5.74) is 5.40. The fourth-order valence-electron chi connectivity index (χ4n) is 3.14. The van der Waals surface area contributed by atoms with Crippen LogP contribution >= 0.6 is 0 Å². The molecule has 1 N–H and O–H groups in total. The van der Waals surface area contributed by atoms with Crippen molar-refractivity contribution in [2.24, 2.45) is 0 Å². The van der Waals surface area contributed by atoms with Gasteiger partial charge in [0, 0.05) is 28.7 Å². The van der Waals surface area contributed by atoms with Crippen LogP contribution in [0.25, 0.3) is 27.4 Å². The summed E-state index contributed by atoms with van der Waals surface area (Å²) in [6, 6.07) is 19.9. The molecule has 4 aromatic rings. The van der Waals surface area contributed by atoms with Gasteiger partial charge < -0.3 is 5.41 Å². The Hall–Kier alpha value is -3.33. The minimum Gasteiger partial charge on any atom is -0.300 e. The second kappa shape index (κ2) is 6.29. The molecule has 0 bridgehead atoms. The van der Waals surface area contributed by atoms with Crippen LogP contribution in [0.4, 0.5) is 0 Å². The Morgan fingerprint density at radius 2 is 1.28 bits per heavy atom. The molecule has 0 aliphatic rings. The van der Waals surface area contributed by atoms with E-state index >= 15 is 0 Å². The first-order chi connectivity index (χ1) is 12.2. The molecule has 0 aliphatic carbocycles. The molecule has 0 unspecified atom stereocenters. The van der Waals surface area contributed by atoms with Gasteiger partial charge in [-0.2, -0.15) is 0 Å². The molecule has 0 aliphatic heterocycles. The van der Waals surface area contributed by atoms with Crippen LogP contribution in [0.15, 0.2) is 79.1 Å². The topological polar surface area (TPSA) is 49.6 Å². The van der Waals surface area contributed by atoms with Crippen LogP contribution in [-0.4, -0.2) is 15.7 Å². The molecule has 0 atom stereocenters. The van der Waals surface area contributed by atoms with Gasteiger partial charge in [0.2, 0.25) is 0 Å². The third-order valence-corrected chi connectivity index (χ3v) is 4.37. The van der Waals surface area contributed by atoms with E-state index in [0.29, 0.717) is 5.71 Å². The second-order valence-corrected chi connectivity index (χ2v) is 5.99. The number of para-hydroxylation sites is 2. The van der Waals surface area contributed by atoms with Crippen molar-refractivity contribution in [2.45, 2.75) is 6.92 Å². The Balaban J connectivity index is 1.80. The third kappa shape index (κ3) is 2.81. The number of aromatic nitrogens is 2. The first-order valence-electron chi connectivity index (χ1n) is 8.19. The SMILES string of the molecule is C/C(=C\C(=N)c1ccnc2ccccc12)c1ccnc2ccccc12. The zero-order chi connectivity index (χ0) is 17.2. The third-order valence-electron chi connectivity index (χ3n) is 4.37. The number of fused-ring (bicyclic) bond motifs is 2. The van der Waals surface area contributed by atoms with Crippen molar-refractivity contribution in [3.63, 3.8) is 0 Å². The Morgan fingerprint density at radius 3 is 1.92 bits per heavy atom. The minimum atomic E-state index is 0.483. The van der Waals surface area contributed by atoms with E-state index in [-0.39, 0.29) is 0 Å². The van der Waals surface area contributed by atoms with Crippen molar-refractivity contribution in [2.75, 3.05) is 0 Å². The lowest BCUT2D eigenvalue weighted by molar-refractivity contribution is 1.39. The molecule has 3 heteroatoms. The van der Waals surface area contributed by atoms with E-state index in [1.165, 1.54) is 0 Å². The van der Waals surface area contributed by atoms with Crippen LogP contribution in [0.1, 0.15) is 18.1 Å². The Morgan fingerprint density at radius 1 is 0.760 bits per heavy atom. The summed E-state index contributed by atoms with van der Waals surface area (Å²) < 4.78 is 0. The Bertz CT molecular complexity index is 1120. The van der Waals surface area contributed by atoms with E-state index in [1.54, 1.807) is 6.20 Å². The fourth-order valence-corrected chi connectivity index (χ4v) is 3.14. The number of benzene rings is 2. The average molecular weight is 323 g/mol. The maximum Gasteiger partial charge on any atom is 0.0708 e. The van der Waals surface area contributed by atoms with E-state index in [0.717, 1.165) is 38.5 Å². The number of rotatable bonds is 3. The highest BCUT2D eigenvalue weighted by Gasteiger charge is 2.08. The largest absolute Gasteiger partial charge is 0.300 e. The van der Waals surface area contributed by atoms with Crippen LogP contribution in [0.2, 0.25) is 0 Å². The molecule has 2 aromatic heterocycles. The second-order valence-electron chi connectivity index (χ2n) is 5.99. The summed E-state index contributed by atoms with van der Waals surface area (Å²) in [7, 11) is 0. The lowest BCUT2D eigenvalue weighted by Gasteiger charge is -2.08. The first kappa shape index (κ1) is 15.2. The Labute approximate surface area is 146 Å². The molecule has 0 saturated heterocycles. The fraction of sp³-hybridized carbons (Fsp3) is 0.0455. The van der Waals surface area contributed by atoms with Gasteiger partial charge in [-0.25, -0.2) is 0 Å². The van der Waals surface area contributed by atoms with Crippen molar-refractivity contribution in [3.05, 3.63) is 90.3 Å². The quantitative estimate of drug-likeness (QED) is 0.523. The van der Waals surface area contributed by atoms with Crippen molar-refractivity contribution < 1.29 is 0 Å². The monoisotopic (exact) mass is 323 g/mol. The molecule has 120 valence electrons. The normalized spacial score (nSPS) is 11.8. The summed E-state index contributed by atoms with van der Waals surface area (Å²) in [6.45, 7) is 2.04. The van der Waals surface area contributed by atoms with Gasteiger partial charge >= 0.3 is 0 Å². The molecule has 2 aromatic carbocycles. The van der Waals surface area contributed by atoms with Crippen LogP contribution < -0.4 is 0 Å². The van der Waals surface area contributed by atoms with Crippen LogP contribution in [0.5, 0.6) is 0 Å². The van der Waals surface area contributed by atoms with Gasteiger partial charge in [0.1, 0.15) is 0 Å².